The first-order chi connectivity index (χ1) is 21.3. The molecule has 0 atom stereocenters. The van der Waals surface area contributed by atoms with Crippen molar-refractivity contribution in [2.45, 2.75) is 162 Å². The molecule has 44 heavy (non-hydrogen) atoms. The summed E-state index contributed by atoms with van der Waals surface area (Å²) in [4.78, 5) is 0. The molecule has 0 aliphatic carbocycles. The third-order valence-corrected chi connectivity index (χ3v) is 12.8. The fourth-order valence-corrected chi connectivity index (χ4v) is 9.35. The van der Waals surface area contributed by atoms with Gasteiger partial charge in [-0.3, -0.25) is 0 Å². The molecule has 0 saturated heterocycles. The SMILES string of the molecule is CCCCCCCCCCCCS(=O)(=O)C(=CNc1ccc(OCCCC)cc1)S(=O)(=O)CCCCCCCCCCCC. The highest BCUT2D eigenvalue weighted by molar-refractivity contribution is 8.14. The lowest BCUT2D eigenvalue weighted by Gasteiger charge is -2.12. The topological polar surface area (TPSA) is 89.5 Å². The van der Waals surface area contributed by atoms with Gasteiger partial charge in [0, 0.05) is 11.9 Å². The third kappa shape index (κ3) is 19.8. The van der Waals surface area contributed by atoms with Gasteiger partial charge in [0.2, 0.25) is 0 Å². The summed E-state index contributed by atoms with van der Waals surface area (Å²) in [5.74, 6) is 0.451. The first-order valence-electron chi connectivity index (χ1n) is 17.9. The molecule has 1 aromatic rings. The molecule has 0 aliphatic heterocycles. The van der Waals surface area contributed by atoms with Gasteiger partial charge in [-0.15, -0.1) is 0 Å². The van der Waals surface area contributed by atoms with Crippen LogP contribution in [0.15, 0.2) is 34.7 Å². The van der Waals surface area contributed by atoms with Crippen molar-refractivity contribution in [3.05, 3.63) is 34.7 Å². The van der Waals surface area contributed by atoms with E-state index in [1.165, 1.54) is 83.2 Å². The fraction of sp³-hybridized carbons (Fsp3) is 0.778. The highest BCUT2D eigenvalue weighted by atomic mass is 32.3. The number of hydrogen-bond acceptors (Lipinski definition) is 6. The van der Waals surface area contributed by atoms with Gasteiger partial charge in [-0.2, -0.15) is 0 Å². The number of nitrogens with one attached hydrogen (secondary N) is 1. The van der Waals surface area contributed by atoms with Gasteiger partial charge in [0.05, 0.1) is 18.1 Å². The van der Waals surface area contributed by atoms with Gasteiger partial charge in [-0.1, -0.05) is 143 Å². The van der Waals surface area contributed by atoms with Crippen LogP contribution >= 0.6 is 0 Å². The second kappa shape index (κ2) is 25.6. The Morgan fingerprint density at radius 1 is 0.545 bits per heavy atom. The van der Waals surface area contributed by atoms with Crippen molar-refractivity contribution in [3.8, 4) is 5.75 Å². The zero-order valence-corrected chi connectivity index (χ0v) is 30.1. The van der Waals surface area contributed by atoms with Crippen molar-refractivity contribution in [1.82, 2.24) is 0 Å². The quantitative estimate of drug-likeness (QED) is 0.0830. The lowest BCUT2D eigenvalue weighted by Crippen LogP contribution is -2.21. The van der Waals surface area contributed by atoms with Crippen LogP contribution in [0, 0.1) is 0 Å². The molecular formula is C36H65NO5S2. The predicted octanol–water partition coefficient (Wildman–Crippen LogP) is 10.7. The molecule has 0 unspecified atom stereocenters. The Kier molecular flexibility index (Phi) is 23.6. The molecule has 0 amide bonds. The Morgan fingerprint density at radius 3 is 1.30 bits per heavy atom. The minimum atomic E-state index is -3.96. The van der Waals surface area contributed by atoms with E-state index >= 15 is 0 Å². The Bertz CT molecular complexity index is 1010. The average molecular weight is 656 g/mol. The van der Waals surface area contributed by atoms with Crippen molar-refractivity contribution in [2.24, 2.45) is 0 Å². The van der Waals surface area contributed by atoms with Crippen LogP contribution < -0.4 is 10.1 Å². The lowest BCUT2D eigenvalue weighted by atomic mass is 10.1. The van der Waals surface area contributed by atoms with Crippen molar-refractivity contribution >= 4 is 25.4 Å². The number of ether oxygens (including phenoxy) is 1. The molecule has 1 aromatic carbocycles. The lowest BCUT2D eigenvalue weighted by molar-refractivity contribution is 0.309. The molecule has 1 rings (SSSR count). The van der Waals surface area contributed by atoms with E-state index in [1.807, 2.05) is 12.1 Å². The number of sulfone groups is 2. The molecule has 8 heteroatoms. The van der Waals surface area contributed by atoms with E-state index < -0.39 is 23.9 Å². The van der Waals surface area contributed by atoms with E-state index in [-0.39, 0.29) is 11.5 Å². The van der Waals surface area contributed by atoms with Crippen molar-refractivity contribution in [2.75, 3.05) is 23.4 Å². The fourth-order valence-electron chi connectivity index (χ4n) is 5.26. The summed E-state index contributed by atoms with van der Waals surface area (Å²) in [6.45, 7) is 7.18. The van der Waals surface area contributed by atoms with Crippen molar-refractivity contribution in [1.29, 1.82) is 0 Å². The maximum Gasteiger partial charge on any atom is 0.190 e. The Labute approximate surface area is 272 Å². The first-order valence-corrected chi connectivity index (χ1v) is 21.2. The Balaban J connectivity index is 2.72. The number of anilines is 1. The summed E-state index contributed by atoms with van der Waals surface area (Å²) in [6, 6.07) is 7.17. The van der Waals surface area contributed by atoms with E-state index in [1.54, 1.807) is 12.1 Å². The Hall–Kier alpha value is -1.54. The number of benzene rings is 1. The van der Waals surface area contributed by atoms with Crippen molar-refractivity contribution < 1.29 is 21.6 Å². The van der Waals surface area contributed by atoms with Crippen LogP contribution in [0.3, 0.4) is 0 Å². The van der Waals surface area contributed by atoms with Crippen LogP contribution in [0.25, 0.3) is 0 Å². The second-order valence-corrected chi connectivity index (χ2v) is 16.7. The van der Waals surface area contributed by atoms with Gasteiger partial charge in [0.15, 0.2) is 23.9 Å². The summed E-state index contributed by atoms with van der Waals surface area (Å²) in [6.07, 6.45) is 25.0. The predicted molar refractivity (Wildman–Crippen MR) is 190 cm³/mol. The van der Waals surface area contributed by atoms with Gasteiger partial charge in [0.25, 0.3) is 0 Å². The molecule has 0 heterocycles. The van der Waals surface area contributed by atoms with Crippen molar-refractivity contribution in [3.63, 3.8) is 0 Å². The molecular weight excluding hydrogens is 591 g/mol. The number of rotatable bonds is 30. The molecule has 256 valence electrons. The largest absolute Gasteiger partial charge is 0.494 e. The van der Waals surface area contributed by atoms with Crippen LogP contribution in [0.5, 0.6) is 5.75 Å². The molecule has 0 aliphatic rings. The van der Waals surface area contributed by atoms with Crippen LogP contribution in [0.4, 0.5) is 5.69 Å². The zero-order chi connectivity index (χ0) is 32.4. The minimum Gasteiger partial charge on any atom is -0.494 e. The number of unbranched alkanes of at least 4 members (excludes halogenated alkanes) is 19. The van der Waals surface area contributed by atoms with Crippen LogP contribution in [0.2, 0.25) is 0 Å². The number of hydrogen-bond donors (Lipinski definition) is 1. The molecule has 0 fully saturated rings. The van der Waals surface area contributed by atoms with E-state index in [2.05, 4.69) is 26.1 Å². The van der Waals surface area contributed by atoms with Crippen LogP contribution in [-0.4, -0.2) is 34.9 Å². The minimum absolute atomic E-state index is 0.140. The molecule has 0 spiro atoms. The average Bonchev–Trinajstić information content (AvgIpc) is 2.99. The van der Waals surface area contributed by atoms with Gasteiger partial charge in [0.1, 0.15) is 5.75 Å². The molecule has 0 radical (unpaired) electrons. The van der Waals surface area contributed by atoms with E-state index in [4.69, 9.17) is 4.74 Å². The normalized spacial score (nSPS) is 11.9. The van der Waals surface area contributed by atoms with E-state index in [0.29, 0.717) is 25.1 Å². The summed E-state index contributed by atoms with van der Waals surface area (Å²) in [5, 5.41) is 2.95. The maximum absolute atomic E-state index is 13.4. The maximum atomic E-state index is 13.4. The third-order valence-electron chi connectivity index (χ3n) is 8.12. The first kappa shape index (κ1) is 40.5. The smallest absolute Gasteiger partial charge is 0.190 e. The zero-order valence-electron chi connectivity index (χ0n) is 28.4. The van der Waals surface area contributed by atoms with E-state index in [0.717, 1.165) is 57.1 Å². The highest BCUT2D eigenvalue weighted by Crippen LogP contribution is 2.23. The second-order valence-electron chi connectivity index (χ2n) is 12.3. The molecule has 1 N–H and O–H groups in total. The molecule has 0 aromatic heterocycles. The van der Waals surface area contributed by atoms with Crippen LogP contribution in [0.1, 0.15) is 162 Å². The Morgan fingerprint density at radius 2 is 0.909 bits per heavy atom. The summed E-state index contributed by atoms with van der Waals surface area (Å²) in [7, 11) is -7.92. The molecule has 0 bridgehead atoms. The van der Waals surface area contributed by atoms with Crippen LogP contribution in [-0.2, 0) is 19.7 Å². The summed E-state index contributed by atoms with van der Waals surface area (Å²) < 4.78 is 58.9. The summed E-state index contributed by atoms with van der Waals surface area (Å²) in [5.41, 5.74) is 0.619. The molecule has 0 saturated carbocycles. The van der Waals surface area contributed by atoms with Gasteiger partial charge < -0.3 is 10.1 Å². The standard InChI is InChI=1S/C36H65NO5S2/c1-4-7-10-12-14-16-18-20-22-24-31-43(38,39)36(33-37-34-26-28-35(29-27-34)42-30-9-6-3)44(40,41)32-25-23-21-19-17-15-13-11-8-5-2/h26-29,33,37H,4-25,30-32H2,1-3H3. The monoisotopic (exact) mass is 655 g/mol. The van der Waals surface area contributed by atoms with E-state index in [9.17, 15) is 16.8 Å². The summed E-state index contributed by atoms with van der Waals surface area (Å²) >= 11 is 0. The van der Waals surface area contributed by atoms with Gasteiger partial charge in [-0.05, 0) is 43.5 Å². The molecule has 6 nitrogen and oxygen atoms in total. The highest BCUT2D eigenvalue weighted by Gasteiger charge is 2.30. The van der Waals surface area contributed by atoms with Gasteiger partial charge in [-0.25, -0.2) is 16.8 Å². The van der Waals surface area contributed by atoms with Gasteiger partial charge >= 0.3 is 0 Å².